The van der Waals surface area contributed by atoms with Gasteiger partial charge in [0.15, 0.2) is 0 Å². The molecule has 1 saturated heterocycles. The summed E-state index contributed by atoms with van der Waals surface area (Å²) < 4.78 is 11.9. The smallest absolute Gasteiger partial charge is 0.400 e. The van der Waals surface area contributed by atoms with Crippen molar-refractivity contribution in [3.05, 3.63) is 12.1 Å². The van der Waals surface area contributed by atoms with Gasteiger partial charge in [0.1, 0.15) is 0 Å². The molecule has 2 nitrogen and oxygen atoms in total. The Morgan fingerprint density at radius 2 is 1.61 bits per heavy atom. The lowest BCUT2D eigenvalue weighted by molar-refractivity contribution is 0.00578. The second-order valence-electron chi connectivity index (χ2n) is 6.48. The minimum atomic E-state index is -0.229. The van der Waals surface area contributed by atoms with E-state index in [-0.39, 0.29) is 18.3 Å². The van der Waals surface area contributed by atoms with Gasteiger partial charge in [-0.25, -0.2) is 0 Å². The zero-order valence-electron chi connectivity index (χ0n) is 13.0. The van der Waals surface area contributed by atoms with Crippen LogP contribution in [0, 0.1) is 5.92 Å². The summed E-state index contributed by atoms with van der Waals surface area (Å²) in [6.45, 7) is 12.9. The molecule has 1 unspecified atom stereocenters. The maximum atomic E-state index is 5.93. The Hall–Kier alpha value is -0.275. The van der Waals surface area contributed by atoms with Crippen LogP contribution in [-0.4, -0.2) is 18.3 Å². The fraction of sp³-hybridized carbons (Fsp3) is 0.867. The number of hydrogen-bond donors (Lipinski definition) is 0. The lowest BCUT2D eigenvalue weighted by atomic mass is 9.87. The second kappa shape index (κ2) is 6.25. The molecule has 0 N–H and O–H groups in total. The Labute approximate surface area is 113 Å². The van der Waals surface area contributed by atoms with Crippen LogP contribution >= 0.6 is 0 Å². The topological polar surface area (TPSA) is 18.5 Å². The average molecular weight is 252 g/mol. The van der Waals surface area contributed by atoms with Crippen molar-refractivity contribution in [3.8, 4) is 0 Å². The van der Waals surface area contributed by atoms with Crippen LogP contribution in [0.5, 0.6) is 0 Å². The molecular formula is C15H29BO2. The van der Waals surface area contributed by atoms with Gasteiger partial charge in [-0.3, -0.25) is 0 Å². The molecule has 3 heteroatoms. The highest BCUT2D eigenvalue weighted by atomic mass is 16.7. The first-order valence-electron chi connectivity index (χ1n) is 7.32. The summed E-state index contributed by atoms with van der Waals surface area (Å²) in [5, 5.41) is 0. The van der Waals surface area contributed by atoms with E-state index in [1.165, 1.54) is 25.7 Å². The van der Waals surface area contributed by atoms with Gasteiger partial charge in [-0.15, -0.1) is 0 Å². The number of rotatable bonds is 6. The van der Waals surface area contributed by atoms with E-state index in [1.807, 2.05) is 0 Å². The zero-order chi connectivity index (χ0) is 13.8. The van der Waals surface area contributed by atoms with Gasteiger partial charge >= 0.3 is 7.12 Å². The summed E-state index contributed by atoms with van der Waals surface area (Å²) in [5.74, 6) is 2.68. The Balaban J connectivity index is 2.40. The standard InChI is InChI=1S/C15H29BO2/c1-7-8-9-10-13(2)11-12-16-17-14(3,4)15(5,6)18-16/h11-13H,7-10H2,1-6H3/b12-11+. The molecule has 0 saturated carbocycles. The van der Waals surface area contributed by atoms with Crippen molar-refractivity contribution in [1.82, 2.24) is 0 Å². The van der Waals surface area contributed by atoms with Crippen LogP contribution in [-0.2, 0) is 9.31 Å². The third-order valence-corrected chi connectivity index (χ3v) is 4.13. The minimum Gasteiger partial charge on any atom is -0.400 e. The molecule has 1 heterocycles. The van der Waals surface area contributed by atoms with Crippen molar-refractivity contribution in [1.29, 1.82) is 0 Å². The highest BCUT2D eigenvalue weighted by Crippen LogP contribution is 2.36. The zero-order valence-corrected chi connectivity index (χ0v) is 13.0. The summed E-state index contributed by atoms with van der Waals surface area (Å²) in [4.78, 5) is 0. The van der Waals surface area contributed by atoms with Crippen molar-refractivity contribution in [2.45, 2.75) is 78.4 Å². The lowest BCUT2D eigenvalue weighted by Crippen LogP contribution is -2.41. The van der Waals surface area contributed by atoms with E-state index in [4.69, 9.17) is 9.31 Å². The average Bonchev–Trinajstić information content (AvgIpc) is 2.45. The fourth-order valence-corrected chi connectivity index (χ4v) is 2.06. The van der Waals surface area contributed by atoms with Crippen LogP contribution in [0.25, 0.3) is 0 Å². The van der Waals surface area contributed by atoms with Crippen molar-refractivity contribution < 1.29 is 9.31 Å². The molecule has 0 aromatic rings. The highest BCUT2D eigenvalue weighted by molar-refractivity contribution is 6.51. The van der Waals surface area contributed by atoms with Crippen LogP contribution in [0.4, 0.5) is 0 Å². The molecule has 1 rings (SSSR count). The van der Waals surface area contributed by atoms with Gasteiger partial charge in [0.25, 0.3) is 0 Å². The first kappa shape index (κ1) is 15.8. The molecule has 0 radical (unpaired) electrons. The molecule has 104 valence electrons. The van der Waals surface area contributed by atoms with Gasteiger partial charge in [0.2, 0.25) is 0 Å². The Morgan fingerprint density at radius 3 is 2.11 bits per heavy atom. The molecule has 1 aliphatic rings. The predicted octanol–water partition coefficient (Wildman–Crippen LogP) is 4.39. The monoisotopic (exact) mass is 252 g/mol. The largest absolute Gasteiger partial charge is 0.486 e. The molecular weight excluding hydrogens is 223 g/mol. The van der Waals surface area contributed by atoms with E-state index in [2.05, 4.69) is 53.6 Å². The van der Waals surface area contributed by atoms with Crippen LogP contribution in [0.3, 0.4) is 0 Å². The molecule has 0 aliphatic carbocycles. The van der Waals surface area contributed by atoms with Crippen molar-refractivity contribution >= 4 is 7.12 Å². The highest BCUT2D eigenvalue weighted by Gasteiger charge is 2.49. The third kappa shape index (κ3) is 4.13. The molecule has 1 aliphatic heterocycles. The molecule has 1 atom stereocenters. The number of hydrogen-bond acceptors (Lipinski definition) is 2. The van der Waals surface area contributed by atoms with Crippen molar-refractivity contribution in [2.24, 2.45) is 5.92 Å². The second-order valence-corrected chi connectivity index (χ2v) is 6.48. The summed E-state index contributed by atoms with van der Waals surface area (Å²) >= 11 is 0. The SMILES string of the molecule is CCCCCC(C)/C=C/B1OC(C)(C)C(C)(C)O1. The normalized spacial score (nSPS) is 23.8. The van der Waals surface area contributed by atoms with E-state index in [0.29, 0.717) is 5.92 Å². The van der Waals surface area contributed by atoms with Gasteiger partial charge in [-0.1, -0.05) is 45.2 Å². The van der Waals surface area contributed by atoms with Crippen LogP contribution in [0.2, 0.25) is 0 Å². The van der Waals surface area contributed by atoms with E-state index in [9.17, 15) is 0 Å². The molecule has 0 spiro atoms. The molecule has 0 aromatic heterocycles. The summed E-state index contributed by atoms with van der Waals surface area (Å²) in [5.41, 5.74) is -0.457. The molecule has 0 bridgehead atoms. The Kier molecular flexibility index (Phi) is 5.48. The van der Waals surface area contributed by atoms with Gasteiger partial charge in [0, 0.05) is 0 Å². The molecule has 1 fully saturated rings. The molecule has 0 amide bonds. The molecule has 18 heavy (non-hydrogen) atoms. The first-order chi connectivity index (χ1) is 8.28. The van der Waals surface area contributed by atoms with Crippen molar-refractivity contribution in [2.75, 3.05) is 0 Å². The van der Waals surface area contributed by atoms with Gasteiger partial charge in [-0.2, -0.15) is 0 Å². The Bertz CT molecular complexity index is 268. The van der Waals surface area contributed by atoms with Crippen molar-refractivity contribution in [3.63, 3.8) is 0 Å². The maximum absolute atomic E-state index is 5.93. The summed E-state index contributed by atoms with van der Waals surface area (Å²) in [6, 6.07) is 0. The quantitative estimate of drug-likeness (QED) is 0.515. The summed E-state index contributed by atoms with van der Waals surface area (Å²) in [6.07, 6.45) is 7.41. The first-order valence-corrected chi connectivity index (χ1v) is 7.32. The summed E-state index contributed by atoms with van der Waals surface area (Å²) in [7, 11) is -0.191. The predicted molar refractivity (Wildman–Crippen MR) is 78.5 cm³/mol. The van der Waals surface area contributed by atoms with Crippen LogP contribution in [0.15, 0.2) is 12.1 Å². The molecule has 0 aromatic carbocycles. The fourth-order valence-electron chi connectivity index (χ4n) is 2.06. The minimum absolute atomic E-state index is 0.191. The van der Waals surface area contributed by atoms with Crippen LogP contribution < -0.4 is 0 Å². The number of allylic oxidation sites excluding steroid dienone is 1. The third-order valence-electron chi connectivity index (χ3n) is 4.13. The van der Waals surface area contributed by atoms with E-state index in [0.717, 1.165) is 0 Å². The van der Waals surface area contributed by atoms with Gasteiger partial charge < -0.3 is 9.31 Å². The van der Waals surface area contributed by atoms with E-state index < -0.39 is 0 Å². The van der Waals surface area contributed by atoms with E-state index in [1.54, 1.807) is 0 Å². The lowest BCUT2D eigenvalue weighted by Gasteiger charge is -2.32. The maximum Gasteiger partial charge on any atom is 0.486 e. The van der Waals surface area contributed by atoms with Crippen LogP contribution in [0.1, 0.15) is 67.2 Å². The van der Waals surface area contributed by atoms with Gasteiger partial charge in [0.05, 0.1) is 11.2 Å². The van der Waals surface area contributed by atoms with Gasteiger partial charge in [-0.05, 0) is 40.0 Å². The van der Waals surface area contributed by atoms with E-state index >= 15 is 0 Å². The Morgan fingerprint density at radius 1 is 1.06 bits per heavy atom. The number of unbranched alkanes of at least 4 members (excludes halogenated alkanes) is 2.